The lowest BCUT2D eigenvalue weighted by Gasteiger charge is -2.03. The van der Waals surface area contributed by atoms with Gasteiger partial charge in [-0.2, -0.15) is 0 Å². The predicted molar refractivity (Wildman–Crippen MR) is 79.4 cm³/mol. The van der Waals surface area contributed by atoms with Gasteiger partial charge < -0.3 is 14.8 Å². The molecule has 1 aromatic heterocycles. The number of benzene rings is 1. The highest BCUT2D eigenvalue weighted by Gasteiger charge is 2.06. The van der Waals surface area contributed by atoms with Crippen LogP contribution < -0.4 is 10.1 Å². The van der Waals surface area contributed by atoms with E-state index in [0.29, 0.717) is 5.19 Å². The second kappa shape index (κ2) is 7.94. The number of hydrogen-bond acceptors (Lipinski definition) is 6. The molecular weight excluding hydrogens is 274 g/mol. The van der Waals surface area contributed by atoms with E-state index in [-0.39, 0.29) is 0 Å². The first-order valence-electron chi connectivity index (χ1n) is 6.60. The minimum absolute atomic E-state index is 0.572. The molecule has 0 aliphatic rings. The van der Waals surface area contributed by atoms with E-state index in [0.717, 1.165) is 36.9 Å². The summed E-state index contributed by atoms with van der Waals surface area (Å²) in [4.78, 5) is 0. The Kier molecular flexibility index (Phi) is 5.91. The zero-order valence-electron chi connectivity index (χ0n) is 11.8. The van der Waals surface area contributed by atoms with E-state index in [1.54, 1.807) is 7.11 Å². The molecule has 0 bridgehead atoms. The maximum atomic E-state index is 5.68. The van der Waals surface area contributed by atoms with Crippen molar-refractivity contribution >= 4 is 11.3 Å². The Bertz CT molecular complexity index is 513. The number of rotatable bonds is 8. The number of nitrogens with one attached hydrogen (secondary N) is 1. The van der Waals surface area contributed by atoms with Crippen LogP contribution in [0.3, 0.4) is 0 Å². The number of aromatic nitrogens is 2. The Hall–Kier alpha value is -1.50. The Morgan fingerprint density at radius 3 is 2.70 bits per heavy atom. The Morgan fingerprint density at radius 2 is 2.00 bits per heavy atom. The molecule has 2 rings (SSSR count). The first kappa shape index (κ1) is 14.9. The van der Waals surface area contributed by atoms with Gasteiger partial charge in [0.2, 0.25) is 0 Å². The van der Waals surface area contributed by atoms with Gasteiger partial charge in [-0.25, -0.2) is 0 Å². The highest BCUT2D eigenvalue weighted by atomic mass is 32.1. The largest absolute Gasteiger partial charge is 0.430 e. The summed E-state index contributed by atoms with van der Waals surface area (Å²) in [5.41, 5.74) is 1.23. The monoisotopic (exact) mass is 293 g/mol. The SMILES string of the molecule is CCNCc1nnc(Oc2ccc(CCOC)cc2)s1. The maximum Gasteiger partial charge on any atom is 0.299 e. The third-order valence-corrected chi connectivity index (χ3v) is 3.50. The van der Waals surface area contributed by atoms with Gasteiger partial charge in [0.1, 0.15) is 10.8 Å². The average Bonchev–Trinajstić information content (AvgIpc) is 2.92. The van der Waals surface area contributed by atoms with E-state index in [9.17, 15) is 0 Å². The molecule has 0 unspecified atom stereocenters. The molecule has 5 nitrogen and oxygen atoms in total. The summed E-state index contributed by atoms with van der Waals surface area (Å²) in [6.07, 6.45) is 0.905. The minimum Gasteiger partial charge on any atom is -0.430 e. The zero-order valence-corrected chi connectivity index (χ0v) is 12.6. The second-order valence-electron chi connectivity index (χ2n) is 4.23. The van der Waals surface area contributed by atoms with Gasteiger partial charge in [0.15, 0.2) is 0 Å². The van der Waals surface area contributed by atoms with Gasteiger partial charge in [-0.3, -0.25) is 0 Å². The molecule has 108 valence electrons. The fourth-order valence-corrected chi connectivity index (χ4v) is 2.30. The first-order valence-corrected chi connectivity index (χ1v) is 7.42. The smallest absolute Gasteiger partial charge is 0.299 e. The van der Waals surface area contributed by atoms with Crippen molar-refractivity contribution < 1.29 is 9.47 Å². The van der Waals surface area contributed by atoms with Gasteiger partial charge >= 0.3 is 0 Å². The van der Waals surface area contributed by atoms with E-state index < -0.39 is 0 Å². The quantitative estimate of drug-likeness (QED) is 0.811. The van der Waals surface area contributed by atoms with Crippen molar-refractivity contribution in [2.24, 2.45) is 0 Å². The van der Waals surface area contributed by atoms with E-state index in [2.05, 4.69) is 22.4 Å². The van der Waals surface area contributed by atoms with Gasteiger partial charge in [0.25, 0.3) is 5.19 Å². The summed E-state index contributed by atoms with van der Waals surface area (Å²) in [6.45, 7) is 4.43. The summed E-state index contributed by atoms with van der Waals surface area (Å²) < 4.78 is 10.7. The molecule has 6 heteroatoms. The van der Waals surface area contributed by atoms with Gasteiger partial charge in [0.05, 0.1) is 6.61 Å². The minimum atomic E-state index is 0.572. The molecule has 0 atom stereocenters. The molecule has 0 fully saturated rings. The topological polar surface area (TPSA) is 56.3 Å². The molecule has 1 heterocycles. The molecule has 1 N–H and O–H groups in total. The number of hydrogen-bond donors (Lipinski definition) is 1. The van der Waals surface area contributed by atoms with Crippen LogP contribution in [0.25, 0.3) is 0 Å². The standard InChI is InChI=1S/C14H19N3O2S/c1-3-15-10-13-16-17-14(20-13)19-12-6-4-11(5-7-12)8-9-18-2/h4-7,15H,3,8-10H2,1-2H3. The third kappa shape index (κ3) is 4.56. The first-order chi connectivity index (χ1) is 9.81. The van der Waals surface area contributed by atoms with Crippen LogP contribution in [-0.4, -0.2) is 30.5 Å². The Balaban J connectivity index is 1.90. The van der Waals surface area contributed by atoms with Crippen molar-refractivity contribution in [1.29, 1.82) is 0 Å². The molecule has 2 aromatic rings. The van der Waals surface area contributed by atoms with Crippen molar-refractivity contribution in [2.45, 2.75) is 19.9 Å². The highest BCUT2D eigenvalue weighted by molar-refractivity contribution is 7.13. The van der Waals surface area contributed by atoms with Crippen molar-refractivity contribution in [3.05, 3.63) is 34.8 Å². The summed E-state index contributed by atoms with van der Waals surface area (Å²) in [5, 5.41) is 12.8. The summed E-state index contributed by atoms with van der Waals surface area (Å²) >= 11 is 1.46. The van der Waals surface area contributed by atoms with Crippen LogP contribution in [0, 0.1) is 0 Å². The van der Waals surface area contributed by atoms with Crippen LogP contribution in [0.15, 0.2) is 24.3 Å². The second-order valence-corrected chi connectivity index (χ2v) is 5.26. The normalized spacial score (nSPS) is 10.7. The fourth-order valence-electron chi connectivity index (χ4n) is 1.63. The number of methoxy groups -OCH3 is 1. The van der Waals surface area contributed by atoms with Crippen LogP contribution in [0.5, 0.6) is 10.9 Å². The molecular formula is C14H19N3O2S. The van der Waals surface area contributed by atoms with E-state index in [4.69, 9.17) is 9.47 Å². The molecule has 0 amide bonds. The number of ether oxygens (including phenoxy) is 2. The fraction of sp³-hybridized carbons (Fsp3) is 0.429. The number of nitrogens with zero attached hydrogens (tertiary/aromatic N) is 2. The lowest BCUT2D eigenvalue weighted by Crippen LogP contribution is -2.11. The third-order valence-electron chi connectivity index (χ3n) is 2.70. The Morgan fingerprint density at radius 1 is 1.20 bits per heavy atom. The van der Waals surface area contributed by atoms with Crippen LogP contribution in [-0.2, 0) is 17.7 Å². The van der Waals surface area contributed by atoms with E-state index >= 15 is 0 Å². The molecule has 0 saturated heterocycles. The maximum absolute atomic E-state index is 5.68. The zero-order chi connectivity index (χ0) is 14.2. The van der Waals surface area contributed by atoms with E-state index in [1.165, 1.54) is 16.9 Å². The lowest BCUT2D eigenvalue weighted by atomic mass is 10.1. The van der Waals surface area contributed by atoms with Crippen molar-refractivity contribution in [1.82, 2.24) is 15.5 Å². The molecule has 0 spiro atoms. The lowest BCUT2D eigenvalue weighted by molar-refractivity contribution is 0.202. The summed E-state index contributed by atoms with van der Waals surface area (Å²) in [6, 6.07) is 7.95. The van der Waals surface area contributed by atoms with Crippen LogP contribution in [0.2, 0.25) is 0 Å². The Labute approximate surface area is 123 Å². The van der Waals surface area contributed by atoms with Crippen LogP contribution >= 0.6 is 11.3 Å². The molecule has 0 radical (unpaired) electrons. The van der Waals surface area contributed by atoms with Gasteiger partial charge in [-0.1, -0.05) is 35.5 Å². The molecule has 20 heavy (non-hydrogen) atoms. The molecule has 0 aliphatic carbocycles. The van der Waals surface area contributed by atoms with Crippen LogP contribution in [0.1, 0.15) is 17.5 Å². The average molecular weight is 293 g/mol. The van der Waals surface area contributed by atoms with E-state index in [1.807, 2.05) is 24.3 Å². The molecule has 1 aromatic carbocycles. The van der Waals surface area contributed by atoms with Crippen molar-refractivity contribution in [3.63, 3.8) is 0 Å². The van der Waals surface area contributed by atoms with Gasteiger partial charge in [-0.15, -0.1) is 5.10 Å². The predicted octanol–water partition coefficient (Wildman–Crippen LogP) is 2.63. The van der Waals surface area contributed by atoms with Gasteiger partial charge in [0, 0.05) is 13.7 Å². The molecule has 0 saturated carbocycles. The van der Waals surface area contributed by atoms with Gasteiger partial charge in [-0.05, 0) is 30.7 Å². The molecule has 0 aliphatic heterocycles. The van der Waals surface area contributed by atoms with Crippen LogP contribution in [0.4, 0.5) is 0 Å². The van der Waals surface area contributed by atoms with Crippen molar-refractivity contribution in [3.8, 4) is 10.9 Å². The summed E-state index contributed by atoms with van der Waals surface area (Å²) in [5.74, 6) is 0.775. The summed E-state index contributed by atoms with van der Waals surface area (Å²) in [7, 11) is 1.71. The van der Waals surface area contributed by atoms with Crippen molar-refractivity contribution in [2.75, 3.05) is 20.3 Å². The highest BCUT2D eigenvalue weighted by Crippen LogP contribution is 2.25.